The van der Waals surface area contributed by atoms with E-state index in [4.69, 9.17) is 9.84 Å². The Morgan fingerprint density at radius 1 is 1.05 bits per heavy atom. The first kappa shape index (κ1) is 25.2. The monoisotopic (exact) mass is 507 g/mol. The maximum absolute atomic E-state index is 13.5. The highest BCUT2D eigenvalue weighted by Crippen LogP contribution is 2.31. The summed E-state index contributed by atoms with van der Waals surface area (Å²) in [4.78, 5) is 18.5. The Hall–Kier alpha value is -3.43. The van der Waals surface area contributed by atoms with Crippen LogP contribution in [0.4, 0.5) is 10.1 Å². The molecule has 9 heteroatoms. The average molecular weight is 508 g/mol. The highest BCUT2D eigenvalue weighted by molar-refractivity contribution is 5.74. The van der Waals surface area contributed by atoms with Crippen molar-refractivity contribution in [3.63, 3.8) is 0 Å². The molecule has 1 saturated heterocycles. The van der Waals surface area contributed by atoms with Crippen LogP contribution in [0.15, 0.2) is 48.5 Å². The predicted octanol–water partition coefficient (Wildman–Crippen LogP) is 2.79. The second-order valence-corrected chi connectivity index (χ2v) is 9.77. The van der Waals surface area contributed by atoms with Crippen molar-refractivity contribution in [2.75, 3.05) is 51.3 Å². The van der Waals surface area contributed by atoms with E-state index in [0.29, 0.717) is 32.6 Å². The highest BCUT2D eigenvalue weighted by Gasteiger charge is 2.28. The first-order valence-corrected chi connectivity index (χ1v) is 12.8. The van der Waals surface area contributed by atoms with Gasteiger partial charge in [0, 0.05) is 76.0 Å². The van der Waals surface area contributed by atoms with Crippen LogP contribution in [-0.2, 0) is 24.3 Å². The van der Waals surface area contributed by atoms with Gasteiger partial charge in [0.25, 0.3) is 0 Å². The van der Waals surface area contributed by atoms with Crippen LogP contribution in [0.25, 0.3) is 11.3 Å². The lowest BCUT2D eigenvalue weighted by atomic mass is 10.0. The molecule has 0 radical (unpaired) electrons. The zero-order valence-corrected chi connectivity index (χ0v) is 21.4. The quantitative estimate of drug-likeness (QED) is 0.530. The summed E-state index contributed by atoms with van der Waals surface area (Å²) in [5, 5.41) is 15.9. The largest absolute Gasteiger partial charge is 0.495 e. The van der Waals surface area contributed by atoms with Crippen molar-refractivity contribution in [1.82, 2.24) is 19.6 Å². The summed E-state index contributed by atoms with van der Waals surface area (Å²) >= 11 is 0. The van der Waals surface area contributed by atoms with Gasteiger partial charge in [0.15, 0.2) is 0 Å². The smallest absolute Gasteiger partial charge is 0.219 e. The summed E-state index contributed by atoms with van der Waals surface area (Å²) in [5.74, 6) is 0.596. The molecule has 0 aliphatic carbocycles. The summed E-state index contributed by atoms with van der Waals surface area (Å²) in [6.07, 6.45) is 0.0849. The van der Waals surface area contributed by atoms with Crippen LogP contribution >= 0.6 is 0 Å². The summed E-state index contributed by atoms with van der Waals surface area (Å²) in [5.41, 5.74) is 4.67. The number of nitrogens with zero attached hydrogens (tertiary/aromatic N) is 5. The molecule has 1 N–H and O–H groups in total. The molecule has 0 bridgehead atoms. The number of aliphatic hydroxyl groups is 1. The lowest BCUT2D eigenvalue weighted by Crippen LogP contribution is -2.49. The summed E-state index contributed by atoms with van der Waals surface area (Å²) in [7, 11) is 1.69. The molecule has 1 fully saturated rings. The Bertz CT molecular complexity index is 1240. The molecule has 2 aliphatic rings. The zero-order chi connectivity index (χ0) is 25.9. The van der Waals surface area contributed by atoms with E-state index < -0.39 is 6.10 Å². The molecule has 8 nitrogen and oxygen atoms in total. The van der Waals surface area contributed by atoms with Gasteiger partial charge in [0.05, 0.1) is 31.1 Å². The number of aliphatic hydroxyl groups excluding tert-OH is 1. The van der Waals surface area contributed by atoms with E-state index in [2.05, 4.69) is 15.9 Å². The van der Waals surface area contributed by atoms with Gasteiger partial charge in [-0.15, -0.1) is 0 Å². The van der Waals surface area contributed by atoms with Crippen LogP contribution in [0.2, 0.25) is 0 Å². The molecule has 3 aromatic rings. The molecule has 1 atom stereocenters. The number of β-amino-alcohol motifs (C(OH)–C–C–N with tert-alkyl or cyclic N) is 1. The van der Waals surface area contributed by atoms with Crippen LogP contribution in [0.3, 0.4) is 0 Å². The number of aromatic nitrogens is 2. The third-order valence-corrected chi connectivity index (χ3v) is 7.35. The van der Waals surface area contributed by atoms with Crippen molar-refractivity contribution in [2.24, 2.45) is 0 Å². The molecule has 3 heterocycles. The Morgan fingerprint density at radius 2 is 1.78 bits per heavy atom. The maximum atomic E-state index is 13.5. The standard InChI is InChI=1S/C28H34FN5O3/c1-20(35)33-12-11-25-24(19-33)28(21-7-9-22(29)10-8-21)30-34(25)18-23(36)17-31-13-15-32(16-14-31)26-5-3-4-6-27(26)37-2/h3-10,23,36H,11-19H2,1-2H3. The van der Waals surface area contributed by atoms with E-state index >= 15 is 0 Å². The number of amides is 1. The van der Waals surface area contributed by atoms with Gasteiger partial charge in [0.1, 0.15) is 11.6 Å². The molecular formula is C28H34FN5O3. The van der Waals surface area contributed by atoms with E-state index in [1.54, 1.807) is 31.1 Å². The molecule has 1 amide bonds. The van der Waals surface area contributed by atoms with Gasteiger partial charge in [-0.2, -0.15) is 5.10 Å². The number of carbonyl (C=O) groups is 1. The lowest BCUT2D eigenvalue weighted by Gasteiger charge is -2.37. The van der Waals surface area contributed by atoms with Gasteiger partial charge >= 0.3 is 0 Å². The van der Waals surface area contributed by atoms with E-state index in [1.165, 1.54) is 12.1 Å². The minimum absolute atomic E-state index is 0.0238. The van der Waals surface area contributed by atoms with E-state index in [0.717, 1.165) is 60.1 Å². The Labute approximate surface area is 216 Å². The van der Waals surface area contributed by atoms with Gasteiger partial charge in [-0.3, -0.25) is 14.4 Å². The molecule has 0 saturated carbocycles. The molecule has 2 aromatic carbocycles. The van der Waals surface area contributed by atoms with Gasteiger partial charge in [-0.25, -0.2) is 4.39 Å². The van der Waals surface area contributed by atoms with Crippen LogP contribution in [0.1, 0.15) is 18.2 Å². The van der Waals surface area contributed by atoms with Crippen molar-refractivity contribution in [3.05, 3.63) is 65.6 Å². The fraction of sp³-hybridized carbons (Fsp3) is 0.429. The number of rotatable bonds is 7. The fourth-order valence-corrected chi connectivity index (χ4v) is 5.37. The molecule has 196 valence electrons. The number of ether oxygens (including phenoxy) is 1. The van der Waals surface area contributed by atoms with Crippen LogP contribution in [0, 0.1) is 5.82 Å². The topological polar surface area (TPSA) is 74.1 Å². The van der Waals surface area contributed by atoms with Gasteiger partial charge in [-0.05, 0) is 36.4 Å². The number of anilines is 1. The Kier molecular flexibility index (Phi) is 7.43. The normalized spacial score (nSPS) is 17.0. The SMILES string of the molecule is COc1ccccc1N1CCN(CC(O)Cn2nc(-c3ccc(F)cc3)c3c2CCN(C(C)=O)C3)CC1. The van der Waals surface area contributed by atoms with Gasteiger partial charge in [-0.1, -0.05) is 12.1 Å². The number of para-hydroxylation sites is 2. The summed E-state index contributed by atoms with van der Waals surface area (Å²) < 4.78 is 20.9. The Morgan fingerprint density at radius 3 is 2.49 bits per heavy atom. The minimum atomic E-state index is -0.589. The number of hydrogen-bond donors (Lipinski definition) is 1. The van der Waals surface area contributed by atoms with Crippen LogP contribution in [0.5, 0.6) is 5.75 Å². The summed E-state index contributed by atoms with van der Waals surface area (Å²) in [6.45, 7) is 7.01. The number of benzene rings is 2. The van der Waals surface area contributed by atoms with Crippen LogP contribution in [-0.4, -0.2) is 83.1 Å². The number of halogens is 1. The van der Waals surface area contributed by atoms with Crippen molar-refractivity contribution in [2.45, 2.75) is 32.5 Å². The van der Waals surface area contributed by atoms with Crippen molar-refractivity contribution in [1.29, 1.82) is 0 Å². The third-order valence-electron chi connectivity index (χ3n) is 7.35. The zero-order valence-electron chi connectivity index (χ0n) is 21.4. The van der Waals surface area contributed by atoms with Gasteiger partial charge in [0.2, 0.25) is 5.91 Å². The molecule has 1 aromatic heterocycles. The van der Waals surface area contributed by atoms with Gasteiger partial charge < -0.3 is 19.6 Å². The fourth-order valence-electron chi connectivity index (χ4n) is 5.37. The van der Waals surface area contributed by atoms with Crippen LogP contribution < -0.4 is 9.64 Å². The number of fused-ring (bicyclic) bond motifs is 1. The average Bonchev–Trinajstić information content (AvgIpc) is 3.26. The van der Waals surface area contributed by atoms with Crippen molar-refractivity contribution in [3.8, 4) is 17.0 Å². The van der Waals surface area contributed by atoms with Crippen molar-refractivity contribution < 1.29 is 19.0 Å². The maximum Gasteiger partial charge on any atom is 0.219 e. The van der Waals surface area contributed by atoms with E-state index in [1.807, 2.05) is 22.9 Å². The molecule has 0 spiro atoms. The first-order valence-electron chi connectivity index (χ1n) is 12.8. The number of methoxy groups -OCH3 is 1. The third kappa shape index (κ3) is 5.47. The molecular weight excluding hydrogens is 473 g/mol. The number of hydrogen-bond acceptors (Lipinski definition) is 6. The molecule has 37 heavy (non-hydrogen) atoms. The predicted molar refractivity (Wildman–Crippen MR) is 140 cm³/mol. The molecule has 5 rings (SSSR count). The summed E-state index contributed by atoms with van der Waals surface area (Å²) in [6, 6.07) is 14.3. The molecule has 1 unspecified atom stereocenters. The second-order valence-electron chi connectivity index (χ2n) is 9.77. The molecule has 2 aliphatic heterocycles. The van der Waals surface area contributed by atoms with E-state index in [-0.39, 0.29) is 11.7 Å². The number of carbonyl (C=O) groups excluding carboxylic acids is 1. The number of piperazine rings is 1. The van der Waals surface area contributed by atoms with E-state index in [9.17, 15) is 14.3 Å². The highest BCUT2D eigenvalue weighted by atomic mass is 19.1. The lowest BCUT2D eigenvalue weighted by molar-refractivity contribution is -0.129. The second kappa shape index (κ2) is 10.9. The first-order chi connectivity index (χ1) is 17.9. The van der Waals surface area contributed by atoms with Crippen molar-refractivity contribution >= 4 is 11.6 Å². The Balaban J connectivity index is 1.27. The minimum Gasteiger partial charge on any atom is -0.495 e.